The Kier molecular flexibility index (Phi) is 7.29. The Labute approximate surface area is 82.3 Å². The number of hydrogen-bond donors (Lipinski definition) is 1. The molecule has 0 bridgehead atoms. The van der Waals surface area contributed by atoms with Crippen LogP contribution in [0.1, 0.15) is 40.0 Å². The number of aliphatic hydroxyl groups excluding tert-OH is 1. The predicted molar refractivity (Wildman–Crippen MR) is 55.7 cm³/mol. The van der Waals surface area contributed by atoms with Crippen LogP contribution in [-0.2, 0) is 4.74 Å². The Hall–Kier alpha value is -0.0800. The maximum Gasteiger partial charge on any atom is 0.0563 e. The van der Waals surface area contributed by atoms with E-state index in [1.54, 1.807) is 7.11 Å². The highest BCUT2D eigenvalue weighted by atomic mass is 16.5. The van der Waals surface area contributed by atoms with Gasteiger partial charge in [0.15, 0.2) is 0 Å². The Balaban J connectivity index is 3.40. The molecule has 0 aromatic heterocycles. The quantitative estimate of drug-likeness (QED) is 0.665. The van der Waals surface area contributed by atoms with Gasteiger partial charge in [0.05, 0.1) is 6.10 Å². The maximum atomic E-state index is 9.57. The van der Waals surface area contributed by atoms with Gasteiger partial charge in [-0.2, -0.15) is 0 Å². The van der Waals surface area contributed by atoms with Crippen LogP contribution in [0.3, 0.4) is 0 Å². The summed E-state index contributed by atoms with van der Waals surface area (Å²) in [5, 5.41) is 9.57. The second-order valence-corrected chi connectivity index (χ2v) is 4.28. The van der Waals surface area contributed by atoms with Crippen LogP contribution in [0, 0.1) is 11.8 Å². The molecule has 0 heterocycles. The van der Waals surface area contributed by atoms with Crippen molar-refractivity contribution in [3.63, 3.8) is 0 Å². The molecule has 2 nitrogen and oxygen atoms in total. The van der Waals surface area contributed by atoms with E-state index in [1.807, 2.05) is 0 Å². The van der Waals surface area contributed by atoms with E-state index in [4.69, 9.17) is 4.74 Å². The summed E-state index contributed by atoms with van der Waals surface area (Å²) >= 11 is 0. The third-order valence-corrected chi connectivity index (χ3v) is 2.54. The minimum Gasteiger partial charge on any atom is -0.393 e. The normalized spacial score (nSPS) is 16.2. The lowest BCUT2D eigenvalue weighted by atomic mass is 9.95. The van der Waals surface area contributed by atoms with Crippen LogP contribution in [0.5, 0.6) is 0 Å². The van der Waals surface area contributed by atoms with Gasteiger partial charge in [-0.05, 0) is 31.1 Å². The second-order valence-electron chi connectivity index (χ2n) is 4.28. The van der Waals surface area contributed by atoms with Crippen LogP contribution in [0.15, 0.2) is 0 Å². The Morgan fingerprint density at radius 1 is 1.08 bits per heavy atom. The van der Waals surface area contributed by atoms with Crippen molar-refractivity contribution < 1.29 is 9.84 Å². The molecule has 0 amide bonds. The standard InChI is InChI=1S/C11H24O2/c1-9(2)11(12)6-5-10(3)7-8-13-4/h9-12H,5-8H2,1-4H3. The van der Waals surface area contributed by atoms with Gasteiger partial charge in [0.1, 0.15) is 0 Å². The van der Waals surface area contributed by atoms with E-state index in [0.717, 1.165) is 25.9 Å². The molecule has 80 valence electrons. The highest BCUT2D eigenvalue weighted by molar-refractivity contribution is 4.62. The minimum atomic E-state index is -0.134. The fourth-order valence-electron chi connectivity index (χ4n) is 1.25. The highest BCUT2D eigenvalue weighted by Gasteiger charge is 2.10. The molecular formula is C11H24O2. The second kappa shape index (κ2) is 7.34. The molecule has 0 saturated carbocycles. The number of rotatable bonds is 7. The fourth-order valence-corrected chi connectivity index (χ4v) is 1.25. The van der Waals surface area contributed by atoms with E-state index in [9.17, 15) is 5.11 Å². The summed E-state index contributed by atoms with van der Waals surface area (Å²) in [4.78, 5) is 0. The van der Waals surface area contributed by atoms with Gasteiger partial charge in [-0.25, -0.2) is 0 Å². The topological polar surface area (TPSA) is 29.5 Å². The van der Waals surface area contributed by atoms with E-state index in [1.165, 1.54) is 0 Å². The molecule has 0 spiro atoms. The SMILES string of the molecule is COCCC(C)CCC(O)C(C)C. The van der Waals surface area contributed by atoms with Gasteiger partial charge in [0.25, 0.3) is 0 Å². The van der Waals surface area contributed by atoms with Gasteiger partial charge in [-0.3, -0.25) is 0 Å². The van der Waals surface area contributed by atoms with Crippen molar-refractivity contribution in [1.82, 2.24) is 0 Å². The van der Waals surface area contributed by atoms with Crippen LogP contribution >= 0.6 is 0 Å². The lowest BCUT2D eigenvalue weighted by molar-refractivity contribution is 0.105. The molecule has 0 rings (SSSR count). The summed E-state index contributed by atoms with van der Waals surface area (Å²) in [5.74, 6) is 1.04. The zero-order valence-electron chi connectivity index (χ0n) is 9.42. The van der Waals surface area contributed by atoms with Crippen molar-refractivity contribution in [1.29, 1.82) is 0 Å². The first-order valence-corrected chi connectivity index (χ1v) is 5.25. The van der Waals surface area contributed by atoms with Gasteiger partial charge >= 0.3 is 0 Å². The lowest BCUT2D eigenvalue weighted by Gasteiger charge is -2.17. The molecule has 0 saturated heterocycles. The van der Waals surface area contributed by atoms with Crippen molar-refractivity contribution in [2.45, 2.75) is 46.1 Å². The van der Waals surface area contributed by atoms with Crippen molar-refractivity contribution >= 4 is 0 Å². The number of ether oxygens (including phenoxy) is 1. The molecule has 0 aliphatic heterocycles. The first-order valence-electron chi connectivity index (χ1n) is 5.25. The molecule has 0 aromatic carbocycles. The third-order valence-electron chi connectivity index (χ3n) is 2.54. The summed E-state index contributed by atoms with van der Waals surface area (Å²) in [6, 6.07) is 0. The molecular weight excluding hydrogens is 164 g/mol. The average molecular weight is 188 g/mol. The summed E-state index contributed by atoms with van der Waals surface area (Å²) in [5.41, 5.74) is 0. The van der Waals surface area contributed by atoms with Gasteiger partial charge in [-0.15, -0.1) is 0 Å². The largest absolute Gasteiger partial charge is 0.393 e. The van der Waals surface area contributed by atoms with Gasteiger partial charge in [-0.1, -0.05) is 20.8 Å². The molecule has 1 N–H and O–H groups in total. The summed E-state index contributed by atoms with van der Waals surface area (Å²) < 4.78 is 5.00. The van der Waals surface area contributed by atoms with Gasteiger partial charge < -0.3 is 9.84 Å². The van der Waals surface area contributed by atoms with E-state index < -0.39 is 0 Å². The highest BCUT2D eigenvalue weighted by Crippen LogP contribution is 2.15. The molecule has 0 aliphatic carbocycles. The average Bonchev–Trinajstić information content (AvgIpc) is 2.10. The Morgan fingerprint density at radius 2 is 1.69 bits per heavy atom. The van der Waals surface area contributed by atoms with Crippen molar-refractivity contribution in [3.05, 3.63) is 0 Å². The molecule has 2 heteroatoms. The van der Waals surface area contributed by atoms with Crippen LogP contribution in [0.25, 0.3) is 0 Å². The summed E-state index contributed by atoms with van der Waals surface area (Å²) in [7, 11) is 1.73. The molecule has 0 aromatic rings. The van der Waals surface area contributed by atoms with Crippen LogP contribution in [0.4, 0.5) is 0 Å². The van der Waals surface area contributed by atoms with Gasteiger partial charge in [0.2, 0.25) is 0 Å². The van der Waals surface area contributed by atoms with Crippen LogP contribution in [0.2, 0.25) is 0 Å². The lowest BCUT2D eigenvalue weighted by Crippen LogP contribution is -2.15. The third kappa shape index (κ3) is 7.03. The predicted octanol–water partition coefficient (Wildman–Crippen LogP) is 2.46. The molecule has 2 atom stereocenters. The number of aliphatic hydroxyl groups is 1. The van der Waals surface area contributed by atoms with Crippen molar-refractivity contribution in [2.24, 2.45) is 11.8 Å². The monoisotopic (exact) mass is 188 g/mol. The molecule has 2 unspecified atom stereocenters. The fraction of sp³-hybridized carbons (Fsp3) is 1.00. The first-order chi connectivity index (χ1) is 6.07. The van der Waals surface area contributed by atoms with E-state index in [0.29, 0.717) is 11.8 Å². The Bertz CT molecular complexity index is 113. The van der Waals surface area contributed by atoms with Crippen LogP contribution in [-0.4, -0.2) is 24.9 Å². The van der Waals surface area contributed by atoms with E-state index in [-0.39, 0.29) is 6.10 Å². The minimum absolute atomic E-state index is 0.134. The summed E-state index contributed by atoms with van der Waals surface area (Å²) in [6.07, 6.45) is 2.98. The van der Waals surface area contributed by atoms with E-state index in [2.05, 4.69) is 20.8 Å². The zero-order valence-corrected chi connectivity index (χ0v) is 9.42. The summed E-state index contributed by atoms with van der Waals surface area (Å²) in [6.45, 7) is 7.17. The smallest absolute Gasteiger partial charge is 0.0563 e. The van der Waals surface area contributed by atoms with E-state index >= 15 is 0 Å². The number of methoxy groups -OCH3 is 1. The molecule has 13 heavy (non-hydrogen) atoms. The number of hydrogen-bond acceptors (Lipinski definition) is 2. The Morgan fingerprint density at radius 3 is 2.15 bits per heavy atom. The molecule has 0 radical (unpaired) electrons. The van der Waals surface area contributed by atoms with Crippen LogP contribution < -0.4 is 0 Å². The molecule has 0 aliphatic rings. The first kappa shape index (κ1) is 12.9. The zero-order chi connectivity index (χ0) is 10.3. The molecule has 0 fully saturated rings. The maximum absolute atomic E-state index is 9.57. The van der Waals surface area contributed by atoms with Gasteiger partial charge in [0, 0.05) is 13.7 Å². The van der Waals surface area contributed by atoms with Crippen molar-refractivity contribution in [3.8, 4) is 0 Å². The van der Waals surface area contributed by atoms with Crippen molar-refractivity contribution in [2.75, 3.05) is 13.7 Å².